The van der Waals surface area contributed by atoms with E-state index in [2.05, 4.69) is 111 Å². The minimum atomic E-state index is 0. The van der Waals surface area contributed by atoms with Crippen LogP contribution in [0, 0.1) is 18.5 Å². The molecule has 268 valence electrons. The van der Waals surface area contributed by atoms with Gasteiger partial charge in [-0.2, -0.15) is 12.1 Å². The summed E-state index contributed by atoms with van der Waals surface area (Å²) in [6.07, 6.45) is 3.63. The van der Waals surface area contributed by atoms with E-state index in [1.165, 1.54) is 0 Å². The second-order valence-corrected chi connectivity index (χ2v) is 13.4. The van der Waals surface area contributed by atoms with Crippen LogP contribution < -0.4 is 9.30 Å². The van der Waals surface area contributed by atoms with Crippen LogP contribution in [0.2, 0.25) is 0 Å². The Morgan fingerprint density at radius 3 is 1.86 bits per heavy atom. The largest absolute Gasteiger partial charge is 0.510 e. The second-order valence-electron chi connectivity index (χ2n) is 13.4. The summed E-state index contributed by atoms with van der Waals surface area (Å²) in [6, 6.07) is 60.1. The maximum atomic E-state index is 6.53. The van der Waals surface area contributed by atoms with Gasteiger partial charge in [0.25, 0.3) is 6.33 Å². The molecule has 0 unspecified atom stereocenters. The molecule has 5 heterocycles. The number of nitrogens with zero attached hydrogens (tertiary/aromatic N) is 8. The number of benzene rings is 7. The molecule has 0 N–H and O–H groups in total. The summed E-state index contributed by atoms with van der Waals surface area (Å²) in [5.74, 6) is 3.21. The molecular weight excluding hydrogens is 876 g/mol. The first kappa shape index (κ1) is 32.3. The van der Waals surface area contributed by atoms with Gasteiger partial charge in [-0.05, 0) is 58.2 Å². The van der Waals surface area contributed by atoms with Crippen molar-refractivity contribution in [2.75, 3.05) is 0 Å². The normalized spacial score (nSPS) is 11.8. The maximum Gasteiger partial charge on any atom is 0.268 e. The Hall–Kier alpha value is -7.09. The summed E-state index contributed by atoms with van der Waals surface area (Å²) >= 11 is 0. The van der Waals surface area contributed by atoms with Crippen LogP contribution in [0.15, 0.2) is 158 Å². The first-order valence-corrected chi connectivity index (χ1v) is 18.0. The molecule has 0 aliphatic rings. The third-order valence-electron chi connectivity index (χ3n) is 10.2. The molecule has 0 saturated heterocycles. The second kappa shape index (κ2) is 12.5. The number of ether oxygens (including phenoxy) is 1. The van der Waals surface area contributed by atoms with Crippen molar-refractivity contribution in [3.63, 3.8) is 0 Å². The van der Waals surface area contributed by atoms with Gasteiger partial charge in [-0.3, -0.25) is 14.0 Å². The average molecular weight is 902 g/mol. The van der Waals surface area contributed by atoms with E-state index in [1.807, 2.05) is 87.8 Å². The van der Waals surface area contributed by atoms with Crippen LogP contribution >= 0.6 is 0 Å². The van der Waals surface area contributed by atoms with Gasteiger partial charge in [0.15, 0.2) is 0 Å². The number of para-hydroxylation sites is 7. The number of hydrogen-bond acceptors (Lipinski definition) is 4. The zero-order valence-electron chi connectivity index (χ0n) is 29.3. The Morgan fingerprint density at radius 2 is 1.09 bits per heavy atom. The molecule has 0 radical (unpaired) electrons. The van der Waals surface area contributed by atoms with Crippen molar-refractivity contribution in [1.82, 2.24) is 32.7 Å². The fraction of sp³-hybridized carbons (Fsp3) is 0. The summed E-state index contributed by atoms with van der Waals surface area (Å²) < 4.78 is 16.9. The molecule has 0 atom stereocenters. The number of imidazole rings is 4. The number of aromatic nitrogens is 8. The maximum absolute atomic E-state index is 6.53. The van der Waals surface area contributed by atoms with Crippen molar-refractivity contribution < 1.29 is 30.4 Å². The van der Waals surface area contributed by atoms with E-state index >= 15 is 0 Å². The first-order valence-electron chi connectivity index (χ1n) is 18.0. The number of hydrogen-bond donors (Lipinski definition) is 0. The molecule has 12 aromatic rings. The summed E-state index contributed by atoms with van der Waals surface area (Å²) in [5, 5.41) is 0. The number of rotatable bonds is 5. The molecule has 0 bridgehead atoms. The van der Waals surface area contributed by atoms with Gasteiger partial charge in [0.05, 0.1) is 38.8 Å². The minimum absolute atomic E-state index is 0. The van der Waals surface area contributed by atoms with Crippen molar-refractivity contribution in [1.29, 1.82) is 0 Å². The molecule has 0 spiro atoms. The van der Waals surface area contributed by atoms with Crippen molar-refractivity contribution in [2.24, 2.45) is 0 Å². The van der Waals surface area contributed by atoms with Crippen molar-refractivity contribution in [2.45, 2.75) is 0 Å². The van der Waals surface area contributed by atoms with Crippen LogP contribution in [-0.4, -0.2) is 32.7 Å². The van der Waals surface area contributed by atoms with Crippen LogP contribution in [0.4, 0.5) is 0 Å². The zero-order valence-corrected chi connectivity index (χ0v) is 31.6. The van der Waals surface area contributed by atoms with Gasteiger partial charge in [0.2, 0.25) is 17.3 Å². The fourth-order valence-corrected chi connectivity index (χ4v) is 7.79. The number of fused-ring (bicyclic) bond motifs is 13. The standard InChI is InChI=1S/C46H26N8O.Pt/c1-2-13-30(14-3-1)34-17-4-7-20-38(34)51-29-50(41-23-10-11-24-42(41)51)31-15-12-16-32(27-31)55-33-25-26-37-43(28-33)54-45-48-36-19-6-9-22-40(36)52(45)44-47-35-18-5-8-21-39(35)53(44)46(54)49-37;/h1-26H;/q-2;. The molecule has 0 aliphatic heterocycles. The van der Waals surface area contributed by atoms with Crippen LogP contribution in [-0.2, 0) is 21.1 Å². The SMILES string of the molecule is [Pt].[c-]1c(Oc2[c-]c3c(cc2)nc2n3c3nc4ccccc4n3c3nc4ccccc4n23)cccc1-n1[c-][n+](-c2ccccc2-c2ccccc2)c2ccccc21. The molecule has 12 rings (SSSR count). The Morgan fingerprint density at radius 1 is 0.482 bits per heavy atom. The molecule has 0 saturated carbocycles. The van der Waals surface area contributed by atoms with Crippen molar-refractivity contribution in [3.8, 4) is 34.0 Å². The topological polar surface area (TPSA) is 69.9 Å². The van der Waals surface area contributed by atoms with Gasteiger partial charge in [0.1, 0.15) is 0 Å². The smallest absolute Gasteiger partial charge is 0.268 e. The van der Waals surface area contributed by atoms with E-state index in [-0.39, 0.29) is 21.1 Å². The van der Waals surface area contributed by atoms with Crippen LogP contribution in [0.25, 0.3) is 84.0 Å². The van der Waals surface area contributed by atoms with E-state index in [9.17, 15) is 0 Å². The van der Waals surface area contributed by atoms with E-state index in [4.69, 9.17) is 19.7 Å². The van der Waals surface area contributed by atoms with Gasteiger partial charge in [-0.1, -0.05) is 97.1 Å². The predicted molar refractivity (Wildman–Crippen MR) is 212 cm³/mol. The van der Waals surface area contributed by atoms with E-state index < -0.39 is 0 Å². The molecule has 56 heavy (non-hydrogen) atoms. The summed E-state index contributed by atoms with van der Waals surface area (Å²) in [6.45, 7) is 0. The molecule has 10 heteroatoms. The van der Waals surface area contributed by atoms with Crippen molar-refractivity contribution in [3.05, 3.63) is 176 Å². The third kappa shape index (κ3) is 4.77. The van der Waals surface area contributed by atoms with Gasteiger partial charge in [0, 0.05) is 32.6 Å². The van der Waals surface area contributed by atoms with Crippen LogP contribution in [0.1, 0.15) is 0 Å². The molecule has 5 aromatic heterocycles. The van der Waals surface area contributed by atoms with E-state index in [1.54, 1.807) is 0 Å². The van der Waals surface area contributed by atoms with Gasteiger partial charge in [-0.25, -0.2) is 18.8 Å². The summed E-state index contributed by atoms with van der Waals surface area (Å²) in [4.78, 5) is 15.2. The van der Waals surface area contributed by atoms with Gasteiger partial charge < -0.3 is 9.30 Å². The molecule has 0 amide bonds. The predicted octanol–water partition coefficient (Wildman–Crippen LogP) is 9.17. The molecule has 9 nitrogen and oxygen atoms in total. The average Bonchev–Trinajstić information content (AvgIpc) is 4.01. The molecule has 7 aromatic carbocycles. The van der Waals surface area contributed by atoms with E-state index in [0.29, 0.717) is 23.1 Å². The Kier molecular flexibility index (Phi) is 7.21. The van der Waals surface area contributed by atoms with Gasteiger partial charge in [-0.15, -0.1) is 30.3 Å². The fourth-order valence-electron chi connectivity index (χ4n) is 7.79. The minimum Gasteiger partial charge on any atom is -0.510 e. The first-order chi connectivity index (χ1) is 27.3. The molecule has 0 aliphatic carbocycles. The van der Waals surface area contributed by atoms with Crippen LogP contribution in [0.3, 0.4) is 0 Å². The van der Waals surface area contributed by atoms with Gasteiger partial charge >= 0.3 is 0 Å². The Labute approximate surface area is 333 Å². The Bertz CT molecular complexity index is 3450. The van der Waals surface area contributed by atoms with E-state index in [0.717, 1.165) is 72.4 Å². The van der Waals surface area contributed by atoms with Crippen molar-refractivity contribution >= 4 is 61.5 Å². The monoisotopic (exact) mass is 901 g/mol. The molecular formula is C46H26N8OPt-2. The third-order valence-corrected chi connectivity index (χ3v) is 10.2. The summed E-state index contributed by atoms with van der Waals surface area (Å²) in [5.41, 5.74) is 11.3. The zero-order chi connectivity index (χ0) is 36.0. The molecule has 0 fully saturated rings. The quantitative estimate of drug-likeness (QED) is 0.128. The summed E-state index contributed by atoms with van der Waals surface area (Å²) in [7, 11) is 0. The Balaban J connectivity index is 0.00000363. The van der Waals surface area contributed by atoms with Crippen LogP contribution in [0.5, 0.6) is 11.5 Å².